The van der Waals surface area contributed by atoms with Gasteiger partial charge in [-0.15, -0.1) is 0 Å². The lowest BCUT2D eigenvalue weighted by atomic mass is 9.94. The normalized spacial score (nSPS) is 19.0. The van der Waals surface area contributed by atoms with Gasteiger partial charge in [0, 0.05) is 63.1 Å². The van der Waals surface area contributed by atoms with E-state index < -0.39 is 0 Å². The number of aromatic nitrogens is 1. The van der Waals surface area contributed by atoms with E-state index in [0.29, 0.717) is 5.91 Å². The van der Waals surface area contributed by atoms with Gasteiger partial charge in [0.15, 0.2) is 0 Å². The fourth-order valence-corrected chi connectivity index (χ4v) is 4.54. The molecular weight excluding hydrogens is 376 g/mol. The van der Waals surface area contributed by atoms with E-state index in [2.05, 4.69) is 43.9 Å². The van der Waals surface area contributed by atoms with Gasteiger partial charge in [0.1, 0.15) is 5.75 Å². The minimum absolute atomic E-state index is 0.180. The van der Waals surface area contributed by atoms with Gasteiger partial charge < -0.3 is 9.64 Å². The van der Waals surface area contributed by atoms with Gasteiger partial charge in [-0.2, -0.15) is 0 Å². The number of hydrogen-bond acceptors (Lipinski definition) is 5. The number of methoxy groups -OCH3 is 1. The third-order valence-corrected chi connectivity index (χ3v) is 6.36. The molecule has 0 aliphatic carbocycles. The Balaban J connectivity index is 1.22. The van der Waals surface area contributed by atoms with Crippen molar-refractivity contribution in [2.24, 2.45) is 5.92 Å². The van der Waals surface area contributed by atoms with Gasteiger partial charge in [-0.25, -0.2) is 0 Å². The molecule has 2 aliphatic heterocycles. The van der Waals surface area contributed by atoms with Crippen LogP contribution in [0, 0.1) is 5.92 Å². The minimum Gasteiger partial charge on any atom is -0.496 e. The molecule has 0 N–H and O–H groups in total. The average molecular weight is 409 g/mol. The lowest BCUT2D eigenvalue weighted by Gasteiger charge is -2.38. The summed E-state index contributed by atoms with van der Waals surface area (Å²) in [5.41, 5.74) is 2.50. The van der Waals surface area contributed by atoms with Crippen LogP contribution in [-0.2, 0) is 17.9 Å². The zero-order valence-corrected chi connectivity index (χ0v) is 17.9. The van der Waals surface area contributed by atoms with Crippen molar-refractivity contribution in [1.29, 1.82) is 0 Å². The van der Waals surface area contributed by atoms with E-state index in [9.17, 15) is 4.79 Å². The molecule has 3 heterocycles. The first-order valence-corrected chi connectivity index (χ1v) is 11.0. The molecule has 0 radical (unpaired) electrons. The summed E-state index contributed by atoms with van der Waals surface area (Å²) in [5.74, 6) is 1.48. The van der Waals surface area contributed by atoms with E-state index >= 15 is 0 Å². The average Bonchev–Trinajstić information content (AvgIpc) is 2.81. The fourth-order valence-electron chi connectivity index (χ4n) is 4.54. The molecule has 6 nitrogen and oxygen atoms in total. The predicted molar refractivity (Wildman–Crippen MR) is 117 cm³/mol. The molecule has 160 valence electrons. The van der Waals surface area contributed by atoms with E-state index in [1.54, 1.807) is 7.11 Å². The number of piperazine rings is 1. The molecule has 2 saturated heterocycles. The number of nitrogens with zero attached hydrogens (tertiary/aromatic N) is 4. The largest absolute Gasteiger partial charge is 0.496 e. The second-order valence-corrected chi connectivity index (χ2v) is 8.32. The third kappa shape index (κ3) is 5.18. The Hall–Kier alpha value is -2.44. The number of piperidine rings is 1. The van der Waals surface area contributed by atoms with Gasteiger partial charge in [-0.3, -0.25) is 19.6 Å². The predicted octanol–water partition coefficient (Wildman–Crippen LogP) is 2.65. The number of hydrogen-bond donors (Lipinski definition) is 0. The first kappa shape index (κ1) is 20.8. The maximum Gasteiger partial charge on any atom is 0.225 e. The Morgan fingerprint density at radius 1 is 0.933 bits per heavy atom. The molecule has 0 spiro atoms. The number of carbonyl (C=O) groups is 1. The molecule has 0 bridgehead atoms. The van der Waals surface area contributed by atoms with Crippen molar-refractivity contribution in [1.82, 2.24) is 19.7 Å². The molecular formula is C24H32N4O2. The standard InChI is InChI=1S/C24H32N4O2/c1-30-23-5-3-2-4-22(23)19-27-14-16-28(17-15-27)24(29)21-8-12-26(13-9-21)18-20-6-10-25-11-7-20/h2-7,10-11,21H,8-9,12-19H2,1H3. The van der Waals surface area contributed by atoms with Crippen molar-refractivity contribution in [2.75, 3.05) is 46.4 Å². The highest BCUT2D eigenvalue weighted by Gasteiger charge is 2.30. The number of rotatable bonds is 6. The topological polar surface area (TPSA) is 48.9 Å². The second-order valence-electron chi connectivity index (χ2n) is 8.32. The van der Waals surface area contributed by atoms with Crippen molar-refractivity contribution in [2.45, 2.75) is 25.9 Å². The Labute approximate surface area is 179 Å². The molecule has 2 aliphatic rings. The van der Waals surface area contributed by atoms with Crippen molar-refractivity contribution in [3.8, 4) is 5.75 Å². The maximum atomic E-state index is 13.0. The van der Waals surface area contributed by atoms with Crippen molar-refractivity contribution in [3.63, 3.8) is 0 Å². The molecule has 1 aromatic heterocycles. The van der Waals surface area contributed by atoms with Crippen molar-refractivity contribution < 1.29 is 9.53 Å². The highest BCUT2D eigenvalue weighted by Crippen LogP contribution is 2.23. The molecule has 1 amide bonds. The number of para-hydroxylation sites is 1. The van der Waals surface area contributed by atoms with Crippen molar-refractivity contribution in [3.05, 3.63) is 59.9 Å². The van der Waals surface area contributed by atoms with E-state index in [-0.39, 0.29) is 5.92 Å². The first-order valence-electron chi connectivity index (χ1n) is 11.0. The SMILES string of the molecule is COc1ccccc1CN1CCN(C(=O)C2CCN(Cc3ccncc3)CC2)CC1. The molecule has 1 aromatic carbocycles. The van der Waals surface area contributed by atoms with Crippen molar-refractivity contribution >= 4 is 5.91 Å². The highest BCUT2D eigenvalue weighted by molar-refractivity contribution is 5.79. The monoisotopic (exact) mass is 408 g/mol. The van der Waals surface area contributed by atoms with Crippen LogP contribution in [0.25, 0.3) is 0 Å². The molecule has 0 atom stereocenters. The Morgan fingerprint density at radius 2 is 1.60 bits per heavy atom. The van der Waals surface area contributed by atoms with Crippen LogP contribution >= 0.6 is 0 Å². The van der Waals surface area contributed by atoms with Crippen LogP contribution in [0.3, 0.4) is 0 Å². The number of pyridine rings is 1. The van der Waals surface area contributed by atoms with Crippen LogP contribution in [-0.4, -0.2) is 72.0 Å². The lowest BCUT2D eigenvalue weighted by Crippen LogP contribution is -2.51. The maximum absolute atomic E-state index is 13.0. The number of carbonyl (C=O) groups excluding carboxylic acids is 1. The zero-order chi connectivity index (χ0) is 20.8. The van der Waals surface area contributed by atoms with Gasteiger partial charge in [0.25, 0.3) is 0 Å². The van der Waals surface area contributed by atoms with Gasteiger partial charge in [0.05, 0.1) is 7.11 Å². The van der Waals surface area contributed by atoms with Crippen LogP contribution in [0.4, 0.5) is 0 Å². The van der Waals surface area contributed by atoms with Gasteiger partial charge >= 0.3 is 0 Å². The summed E-state index contributed by atoms with van der Waals surface area (Å²) < 4.78 is 5.47. The number of ether oxygens (including phenoxy) is 1. The summed E-state index contributed by atoms with van der Waals surface area (Å²) in [5, 5.41) is 0. The lowest BCUT2D eigenvalue weighted by molar-refractivity contribution is -0.139. The van der Waals surface area contributed by atoms with Crippen LogP contribution in [0.1, 0.15) is 24.0 Å². The molecule has 0 unspecified atom stereocenters. The van der Waals surface area contributed by atoms with E-state index in [4.69, 9.17) is 4.74 Å². The summed E-state index contributed by atoms with van der Waals surface area (Å²) in [7, 11) is 1.72. The number of likely N-dealkylation sites (tertiary alicyclic amines) is 1. The zero-order valence-electron chi connectivity index (χ0n) is 17.9. The van der Waals surface area contributed by atoms with Crippen LogP contribution in [0.2, 0.25) is 0 Å². The van der Waals surface area contributed by atoms with E-state index in [1.165, 1.54) is 11.1 Å². The Bertz CT molecular complexity index is 813. The smallest absolute Gasteiger partial charge is 0.225 e. The molecule has 0 saturated carbocycles. The van der Waals surface area contributed by atoms with Gasteiger partial charge in [0.2, 0.25) is 5.91 Å². The van der Waals surface area contributed by atoms with Crippen LogP contribution in [0.5, 0.6) is 5.75 Å². The summed E-state index contributed by atoms with van der Waals surface area (Å²) in [6.45, 7) is 7.30. The van der Waals surface area contributed by atoms with E-state index in [0.717, 1.165) is 70.9 Å². The van der Waals surface area contributed by atoms with Crippen LogP contribution < -0.4 is 4.74 Å². The summed E-state index contributed by atoms with van der Waals surface area (Å²) in [6, 6.07) is 12.3. The van der Waals surface area contributed by atoms with Gasteiger partial charge in [-0.1, -0.05) is 18.2 Å². The molecule has 30 heavy (non-hydrogen) atoms. The summed E-state index contributed by atoms with van der Waals surface area (Å²) in [6.07, 6.45) is 5.62. The Morgan fingerprint density at radius 3 is 2.30 bits per heavy atom. The van der Waals surface area contributed by atoms with Gasteiger partial charge in [-0.05, 0) is 49.7 Å². The second kappa shape index (κ2) is 10.0. The first-order chi connectivity index (χ1) is 14.7. The molecule has 2 aromatic rings. The number of amides is 1. The van der Waals surface area contributed by atoms with E-state index in [1.807, 2.05) is 24.5 Å². The Kier molecular flexibility index (Phi) is 6.97. The summed E-state index contributed by atoms with van der Waals surface area (Å²) in [4.78, 5) is 24.1. The number of benzene rings is 1. The minimum atomic E-state index is 0.180. The van der Waals surface area contributed by atoms with Crippen LogP contribution in [0.15, 0.2) is 48.8 Å². The third-order valence-electron chi connectivity index (χ3n) is 6.36. The molecule has 2 fully saturated rings. The quantitative estimate of drug-likeness (QED) is 0.736. The summed E-state index contributed by atoms with van der Waals surface area (Å²) >= 11 is 0. The fraction of sp³-hybridized carbons (Fsp3) is 0.500. The molecule has 4 rings (SSSR count). The molecule has 6 heteroatoms. The highest BCUT2D eigenvalue weighted by atomic mass is 16.5.